The molecule has 0 bridgehead atoms. The van der Waals surface area contributed by atoms with Crippen LogP contribution in [0.2, 0.25) is 5.02 Å². The van der Waals surface area contributed by atoms with Gasteiger partial charge in [-0.15, -0.1) is 17.5 Å². The van der Waals surface area contributed by atoms with E-state index >= 15 is 0 Å². The fourth-order valence-electron chi connectivity index (χ4n) is 3.01. The summed E-state index contributed by atoms with van der Waals surface area (Å²) in [4.78, 5) is 12.4. The molecule has 0 spiro atoms. The van der Waals surface area contributed by atoms with Crippen molar-refractivity contribution in [3.63, 3.8) is 0 Å². The molecule has 2 atom stereocenters. The second kappa shape index (κ2) is 7.87. The average Bonchev–Trinajstić information content (AvgIpc) is 3.15. The second-order valence-electron chi connectivity index (χ2n) is 6.44. The van der Waals surface area contributed by atoms with E-state index in [-0.39, 0.29) is 24.4 Å². The van der Waals surface area contributed by atoms with Gasteiger partial charge in [0, 0.05) is 18.2 Å². The number of carbonyl (C=O) groups excluding carboxylic acids is 1. The van der Waals surface area contributed by atoms with Crippen LogP contribution in [0.15, 0.2) is 18.2 Å². The van der Waals surface area contributed by atoms with E-state index in [0.717, 1.165) is 25.1 Å². The Hall–Kier alpha value is -1.74. The lowest BCUT2D eigenvalue weighted by Crippen LogP contribution is -2.29. The lowest BCUT2D eigenvalue weighted by molar-refractivity contribution is -0.126. The topological polar surface area (TPSA) is 108 Å². The van der Waals surface area contributed by atoms with Gasteiger partial charge in [0.05, 0.1) is 16.8 Å². The van der Waals surface area contributed by atoms with Gasteiger partial charge < -0.3 is 15.8 Å². The van der Waals surface area contributed by atoms with Crippen molar-refractivity contribution >= 4 is 35.6 Å². The van der Waals surface area contributed by atoms with Crippen LogP contribution >= 0.6 is 24.0 Å². The van der Waals surface area contributed by atoms with Crippen molar-refractivity contribution in [2.45, 2.75) is 43.8 Å². The first kappa shape index (κ1) is 19.0. The van der Waals surface area contributed by atoms with Crippen LogP contribution in [-0.2, 0) is 9.53 Å². The maximum atomic E-state index is 12.4. The molecule has 1 saturated heterocycles. The van der Waals surface area contributed by atoms with E-state index in [1.165, 1.54) is 0 Å². The Balaban J connectivity index is 0.00000196. The Morgan fingerprint density at radius 2 is 2.15 bits per heavy atom. The number of nitrogens with two attached hydrogens (primary N) is 1. The minimum absolute atomic E-state index is 0. The van der Waals surface area contributed by atoms with Gasteiger partial charge in [0.2, 0.25) is 0 Å². The summed E-state index contributed by atoms with van der Waals surface area (Å²) in [6.45, 7) is 0.429. The number of hydrogen-bond donors (Lipinski definition) is 2. The molecule has 0 radical (unpaired) electrons. The molecule has 2 aromatic rings. The van der Waals surface area contributed by atoms with Crippen LogP contribution in [0.1, 0.15) is 37.4 Å². The summed E-state index contributed by atoms with van der Waals surface area (Å²) in [5, 5.41) is 15.3. The van der Waals surface area contributed by atoms with Crippen molar-refractivity contribution in [3.8, 4) is 5.69 Å². The fraction of sp³-hybridized carbons (Fsp3) is 0.500. The summed E-state index contributed by atoms with van der Waals surface area (Å²) in [5.74, 6) is 1.00. The monoisotopic (exact) mass is 398 g/mol. The summed E-state index contributed by atoms with van der Waals surface area (Å²) >= 11 is 6.32. The SMILES string of the molecule is Cl.NC[C@H]1CC[C@@H](C(=O)Nc2ccc(Cl)c(-n3nnnc3C3CC3)c2)O1. The molecule has 8 nitrogen and oxygen atoms in total. The number of nitrogens with zero attached hydrogens (tertiary/aromatic N) is 4. The highest BCUT2D eigenvalue weighted by Gasteiger charge is 2.31. The highest BCUT2D eigenvalue weighted by molar-refractivity contribution is 6.32. The molecule has 0 unspecified atom stereocenters. The molecule has 26 heavy (non-hydrogen) atoms. The van der Waals surface area contributed by atoms with E-state index in [0.29, 0.717) is 35.3 Å². The van der Waals surface area contributed by atoms with E-state index in [2.05, 4.69) is 20.8 Å². The second-order valence-corrected chi connectivity index (χ2v) is 6.85. The minimum atomic E-state index is -0.470. The molecule has 2 aliphatic rings. The van der Waals surface area contributed by atoms with Gasteiger partial charge in [-0.1, -0.05) is 11.6 Å². The van der Waals surface area contributed by atoms with Crippen LogP contribution in [0.5, 0.6) is 0 Å². The van der Waals surface area contributed by atoms with E-state index < -0.39 is 6.10 Å². The third-order valence-electron chi connectivity index (χ3n) is 4.54. The third-order valence-corrected chi connectivity index (χ3v) is 4.86. The first-order valence-electron chi connectivity index (χ1n) is 8.40. The standard InChI is InChI=1S/C16H19ClN6O2.ClH/c17-12-5-3-10(19-16(24)14-6-4-11(8-18)25-14)7-13(12)23-15(9-1-2-9)20-21-22-23;/h3,5,7,9,11,14H,1-2,4,6,8,18H2,(H,19,24);1H/t11-,14+;/m1./s1. The molecule has 2 heterocycles. The molecule has 1 aliphatic carbocycles. The molecule has 4 rings (SSSR count). The Morgan fingerprint density at radius 1 is 1.35 bits per heavy atom. The number of benzene rings is 1. The van der Waals surface area contributed by atoms with Crippen molar-refractivity contribution in [1.82, 2.24) is 20.2 Å². The Morgan fingerprint density at radius 3 is 2.85 bits per heavy atom. The molecule has 1 amide bonds. The van der Waals surface area contributed by atoms with Gasteiger partial charge in [0.1, 0.15) is 6.10 Å². The van der Waals surface area contributed by atoms with E-state index in [4.69, 9.17) is 22.1 Å². The van der Waals surface area contributed by atoms with Crippen LogP contribution < -0.4 is 11.1 Å². The van der Waals surface area contributed by atoms with Crippen LogP contribution in [0.25, 0.3) is 5.69 Å². The van der Waals surface area contributed by atoms with Gasteiger partial charge >= 0.3 is 0 Å². The zero-order valence-corrected chi connectivity index (χ0v) is 15.5. The van der Waals surface area contributed by atoms with Gasteiger partial charge in [-0.3, -0.25) is 4.79 Å². The van der Waals surface area contributed by atoms with Gasteiger partial charge in [0.15, 0.2) is 5.82 Å². The first-order chi connectivity index (χ1) is 12.2. The van der Waals surface area contributed by atoms with E-state index in [1.54, 1.807) is 22.9 Å². The number of ether oxygens (including phenoxy) is 1. The van der Waals surface area contributed by atoms with Gasteiger partial charge in [0.25, 0.3) is 5.91 Å². The van der Waals surface area contributed by atoms with Crippen molar-refractivity contribution in [2.75, 3.05) is 11.9 Å². The number of anilines is 1. The molecule has 1 saturated carbocycles. The van der Waals surface area contributed by atoms with Gasteiger partial charge in [-0.25, -0.2) is 0 Å². The summed E-state index contributed by atoms with van der Waals surface area (Å²) in [6, 6.07) is 5.25. The number of amides is 1. The van der Waals surface area contributed by atoms with Crippen LogP contribution in [0.4, 0.5) is 5.69 Å². The smallest absolute Gasteiger partial charge is 0.253 e. The number of aromatic nitrogens is 4. The highest BCUT2D eigenvalue weighted by Crippen LogP contribution is 2.40. The summed E-state index contributed by atoms with van der Waals surface area (Å²) in [7, 11) is 0. The first-order valence-corrected chi connectivity index (χ1v) is 8.78. The van der Waals surface area contributed by atoms with Crippen LogP contribution in [0, 0.1) is 0 Å². The van der Waals surface area contributed by atoms with E-state index in [1.807, 2.05) is 0 Å². The number of tetrazole rings is 1. The maximum absolute atomic E-state index is 12.4. The van der Waals surface area contributed by atoms with Crippen molar-refractivity contribution in [1.29, 1.82) is 0 Å². The molecule has 2 fully saturated rings. The fourth-order valence-corrected chi connectivity index (χ4v) is 3.21. The van der Waals surface area contributed by atoms with Crippen molar-refractivity contribution in [3.05, 3.63) is 29.0 Å². The largest absolute Gasteiger partial charge is 0.364 e. The molecular formula is C16H20Cl2N6O2. The molecule has 140 valence electrons. The minimum Gasteiger partial charge on any atom is -0.364 e. The number of rotatable bonds is 5. The van der Waals surface area contributed by atoms with Gasteiger partial charge in [-0.05, 0) is 54.3 Å². The predicted molar refractivity (Wildman–Crippen MR) is 99.0 cm³/mol. The molecule has 1 aromatic heterocycles. The van der Waals surface area contributed by atoms with Crippen molar-refractivity contribution in [2.24, 2.45) is 5.73 Å². The molecule has 1 aromatic carbocycles. The predicted octanol–water partition coefficient (Wildman–Crippen LogP) is 2.06. The highest BCUT2D eigenvalue weighted by atomic mass is 35.5. The Bertz CT molecular complexity index is 795. The molecular weight excluding hydrogens is 379 g/mol. The summed E-state index contributed by atoms with van der Waals surface area (Å²) in [6.07, 6.45) is 3.12. The number of halogens is 2. The quantitative estimate of drug-likeness (QED) is 0.797. The van der Waals surface area contributed by atoms with Crippen LogP contribution in [0.3, 0.4) is 0 Å². The summed E-state index contributed by atoms with van der Waals surface area (Å²) < 4.78 is 7.27. The van der Waals surface area contributed by atoms with E-state index in [9.17, 15) is 4.79 Å². The normalized spacial score (nSPS) is 22.1. The third kappa shape index (κ3) is 3.83. The average molecular weight is 399 g/mol. The molecule has 1 aliphatic heterocycles. The van der Waals surface area contributed by atoms with Gasteiger partial charge in [-0.2, -0.15) is 4.68 Å². The molecule has 3 N–H and O–H groups in total. The lowest BCUT2D eigenvalue weighted by atomic mass is 10.2. The van der Waals surface area contributed by atoms with Crippen LogP contribution in [-0.4, -0.2) is 44.9 Å². The molecule has 10 heteroatoms. The van der Waals surface area contributed by atoms with Crippen molar-refractivity contribution < 1.29 is 9.53 Å². The Kier molecular flexibility index (Phi) is 5.76. The maximum Gasteiger partial charge on any atom is 0.253 e. The number of carbonyl (C=O) groups is 1. The zero-order chi connectivity index (χ0) is 17.4. The number of nitrogens with one attached hydrogen (secondary N) is 1. The Labute approximate surface area is 161 Å². The zero-order valence-electron chi connectivity index (χ0n) is 14.0. The number of hydrogen-bond acceptors (Lipinski definition) is 6. The lowest BCUT2D eigenvalue weighted by Gasteiger charge is -2.14. The summed E-state index contributed by atoms with van der Waals surface area (Å²) in [5.41, 5.74) is 6.87.